The largest absolute Gasteiger partial charge is 0.461 e. The fourth-order valence-corrected chi connectivity index (χ4v) is 2.00. The van der Waals surface area contributed by atoms with Gasteiger partial charge >= 0.3 is 0 Å². The molecule has 3 aromatic rings. The summed E-state index contributed by atoms with van der Waals surface area (Å²) in [5.41, 5.74) is -0.117. The van der Waals surface area contributed by atoms with Crippen LogP contribution in [-0.4, -0.2) is 31.6 Å². The predicted molar refractivity (Wildman–Crippen MR) is 81.9 cm³/mol. The molecule has 3 aromatic heterocycles. The van der Waals surface area contributed by atoms with E-state index in [9.17, 15) is 10.1 Å². The third kappa shape index (κ3) is 3.20. The monoisotopic (exact) mass is 325 g/mol. The zero-order valence-electron chi connectivity index (χ0n) is 12.3. The predicted octanol–water partition coefficient (Wildman–Crippen LogP) is 1.89. The molecule has 0 spiro atoms. The van der Waals surface area contributed by atoms with Crippen molar-refractivity contribution in [3.8, 4) is 17.7 Å². The van der Waals surface area contributed by atoms with E-state index in [-0.39, 0.29) is 17.1 Å². The molecule has 0 unspecified atom stereocenters. The molecule has 0 aromatic carbocycles. The summed E-state index contributed by atoms with van der Waals surface area (Å²) in [6.45, 7) is 0.423. The summed E-state index contributed by atoms with van der Waals surface area (Å²) in [5.74, 6) is 1.94. The Morgan fingerprint density at radius 3 is 3.08 bits per heavy atom. The molecule has 10 heteroatoms. The number of furan rings is 1. The van der Waals surface area contributed by atoms with Crippen molar-refractivity contribution < 1.29 is 9.34 Å². The van der Waals surface area contributed by atoms with Crippen molar-refractivity contribution in [2.24, 2.45) is 0 Å². The standard InChI is InChI=1S/C14H11N7O3/c15-7-9-6-10(21(22)23)8-17-13(9)16-4-3-12-18-14(20-19-12)11-2-1-5-24-11/h1-2,5-6,8H,3-4H2,(H,16,17)(H,18,19,20). The van der Waals surface area contributed by atoms with Crippen LogP contribution in [0.4, 0.5) is 11.5 Å². The van der Waals surface area contributed by atoms with Gasteiger partial charge in [-0.15, -0.1) is 0 Å². The van der Waals surface area contributed by atoms with Gasteiger partial charge in [0.15, 0.2) is 5.76 Å². The van der Waals surface area contributed by atoms with Gasteiger partial charge in [0.2, 0.25) is 5.82 Å². The molecule has 0 aliphatic heterocycles. The molecule has 120 valence electrons. The summed E-state index contributed by atoms with van der Waals surface area (Å²) in [5, 5.41) is 29.5. The number of H-pyrrole nitrogens is 1. The van der Waals surface area contributed by atoms with Crippen molar-refractivity contribution in [1.29, 1.82) is 5.26 Å². The number of nitrogens with zero attached hydrogens (tertiary/aromatic N) is 5. The maximum Gasteiger partial charge on any atom is 0.289 e. The lowest BCUT2D eigenvalue weighted by molar-refractivity contribution is -0.385. The molecule has 24 heavy (non-hydrogen) atoms. The van der Waals surface area contributed by atoms with Crippen molar-refractivity contribution in [2.75, 3.05) is 11.9 Å². The van der Waals surface area contributed by atoms with Crippen LogP contribution in [0.3, 0.4) is 0 Å². The molecule has 2 N–H and O–H groups in total. The van der Waals surface area contributed by atoms with Gasteiger partial charge in [-0.05, 0) is 12.1 Å². The summed E-state index contributed by atoms with van der Waals surface area (Å²) in [4.78, 5) is 18.3. The number of nitrogens with one attached hydrogen (secondary N) is 2. The summed E-state index contributed by atoms with van der Waals surface area (Å²) in [7, 11) is 0. The Kier molecular flexibility index (Phi) is 4.15. The second-order valence-corrected chi connectivity index (χ2v) is 4.72. The Balaban J connectivity index is 1.63. The number of nitro groups is 1. The van der Waals surface area contributed by atoms with E-state index in [1.54, 1.807) is 12.1 Å². The van der Waals surface area contributed by atoms with E-state index in [1.165, 1.54) is 12.3 Å². The molecular weight excluding hydrogens is 314 g/mol. The molecule has 3 rings (SSSR count). The lowest BCUT2D eigenvalue weighted by Crippen LogP contribution is -2.09. The first-order valence-electron chi connectivity index (χ1n) is 6.91. The molecule has 0 radical (unpaired) electrons. The number of aromatic nitrogens is 4. The van der Waals surface area contributed by atoms with Crippen LogP contribution in [0.25, 0.3) is 11.6 Å². The van der Waals surface area contributed by atoms with E-state index in [0.29, 0.717) is 30.4 Å². The maximum atomic E-state index is 10.7. The molecule has 0 atom stereocenters. The van der Waals surface area contributed by atoms with E-state index in [4.69, 9.17) is 9.68 Å². The zero-order chi connectivity index (χ0) is 16.9. The Morgan fingerprint density at radius 1 is 1.50 bits per heavy atom. The zero-order valence-corrected chi connectivity index (χ0v) is 12.3. The second kappa shape index (κ2) is 6.57. The molecule has 10 nitrogen and oxygen atoms in total. The van der Waals surface area contributed by atoms with Crippen molar-refractivity contribution in [3.63, 3.8) is 0 Å². The van der Waals surface area contributed by atoms with Crippen molar-refractivity contribution in [2.45, 2.75) is 6.42 Å². The van der Waals surface area contributed by atoms with Crippen molar-refractivity contribution in [1.82, 2.24) is 20.2 Å². The minimum atomic E-state index is -0.595. The minimum absolute atomic E-state index is 0.109. The quantitative estimate of drug-likeness (QED) is 0.516. The first-order chi connectivity index (χ1) is 11.7. The van der Waals surface area contributed by atoms with Crippen LogP contribution >= 0.6 is 0 Å². The molecule has 0 saturated carbocycles. The number of pyridine rings is 1. The van der Waals surface area contributed by atoms with Gasteiger partial charge in [-0.2, -0.15) is 10.4 Å². The highest BCUT2D eigenvalue weighted by Gasteiger charge is 2.12. The third-order valence-electron chi connectivity index (χ3n) is 3.13. The number of nitriles is 1. The topological polar surface area (TPSA) is 147 Å². The fourth-order valence-electron chi connectivity index (χ4n) is 2.00. The molecule has 0 amide bonds. The Morgan fingerprint density at radius 2 is 2.38 bits per heavy atom. The van der Waals surface area contributed by atoms with Crippen molar-refractivity contribution in [3.05, 3.63) is 52.2 Å². The van der Waals surface area contributed by atoms with Gasteiger partial charge in [-0.25, -0.2) is 9.97 Å². The molecule has 0 aliphatic carbocycles. The summed E-state index contributed by atoms with van der Waals surface area (Å²) >= 11 is 0. The molecule has 0 aliphatic rings. The van der Waals surface area contributed by atoms with E-state index in [1.807, 2.05) is 6.07 Å². The molecule has 3 heterocycles. The van der Waals surface area contributed by atoms with Crippen LogP contribution in [0.2, 0.25) is 0 Å². The first-order valence-corrected chi connectivity index (χ1v) is 6.91. The van der Waals surface area contributed by atoms with Crippen LogP contribution in [0.1, 0.15) is 11.4 Å². The highest BCUT2D eigenvalue weighted by atomic mass is 16.6. The third-order valence-corrected chi connectivity index (χ3v) is 3.13. The fraction of sp³-hybridized carbons (Fsp3) is 0.143. The van der Waals surface area contributed by atoms with Gasteiger partial charge in [-0.1, -0.05) is 0 Å². The van der Waals surface area contributed by atoms with Gasteiger partial charge in [0, 0.05) is 19.0 Å². The minimum Gasteiger partial charge on any atom is -0.461 e. The van der Waals surface area contributed by atoms with E-state index in [0.717, 1.165) is 6.20 Å². The first kappa shape index (κ1) is 15.2. The summed E-state index contributed by atoms with van der Waals surface area (Å²) < 4.78 is 5.21. The van der Waals surface area contributed by atoms with Crippen LogP contribution in [0, 0.1) is 21.4 Å². The van der Waals surface area contributed by atoms with Gasteiger partial charge in [0.1, 0.15) is 29.5 Å². The summed E-state index contributed by atoms with van der Waals surface area (Å²) in [6, 6.07) is 6.57. The second-order valence-electron chi connectivity index (χ2n) is 4.72. The number of hydrogen-bond acceptors (Lipinski definition) is 8. The smallest absolute Gasteiger partial charge is 0.289 e. The molecule has 0 saturated heterocycles. The van der Waals surface area contributed by atoms with Crippen molar-refractivity contribution >= 4 is 11.5 Å². The number of anilines is 1. The highest BCUT2D eigenvalue weighted by molar-refractivity contribution is 5.55. The number of rotatable bonds is 6. The van der Waals surface area contributed by atoms with Crippen LogP contribution in [0.5, 0.6) is 0 Å². The highest BCUT2D eigenvalue weighted by Crippen LogP contribution is 2.18. The van der Waals surface area contributed by atoms with Crippen LogP contribution in [-0.2, 0) is 6.42 Å². The van der Waals surface area contributed by atoms with Gasteiger partial charge in [-0.3, -0.25) is 15.2 Å². The lowest BCUT2D eigenvalue weighted by Gasteiger charge is -2.05. The van der Waals surface area contributed by atoms with Gasteiger partial charge in [0.05, 0.1) is 11.2 Å². The SMILES string of the molecule is N#Cc1cc([N+](=O)[O-])cnc1NCCc1nc(-c2ccco2)n[nH]1. The number of hydrogen-bond donors (Lipinski definition) is 2. The molecule has 0 bridgehead atoms. The Labute approximate surface area is 135 Å². The van der Waals surface area contributed by atoms with E-state index in [2.05, 4.69) is 25.5 Å². The van der Waals surface area contributed by atoms with E-state index >= 15 is 0 Å². The Bertz CT molecular complexity index is 895. The Hall–Kier alpha value is -3.74. The average molecular weight is 325 g/mol. The van der Waals surface area contributed by atoms with Gasteiger partial charge < -0.3 is 9.73 Å². The van der Waals surface area contributed by atoms with E-state index < -0.39 is 4.92 Å². The normalized spacial score (nSPS) is 10.3. The average Bonchev–Trinajstić information content (AvgIpc) is 3.26. The maximum absolute atomic E-state index is 10.7. The van der Waals surface area contributed by atoms with Crippen LogP contribution < -0.4 is 5.32 Å². The van der Waals surface area contributed by atoms with Crippen LogP contribution in [0.15, 0.2) is 35.1 Å². The molecule has 0 fully saturated rings. The number of aromatic amines is 1. The molecular formula is C14H11N7O3. The lowest BCUT2D eigenvalue weighted by atomic mass is 10.2. The van der Waals surface area contributed by atoms with Gasteiger partial charge in [0.25, 0.3) is 5.69 Å². The summed E-state index contributed by atoms with van der Waals surface area (Å²) in [6.07, 6.45) is 3.14.